The van der Waals surface area contributed by atoms with Crippen LogP contribution in [0.3, 0.4) is 0 Å². The summed E-state index contributed by atoms with van der Waals surface area (Å²) in [5.41, 5.74) is 0. The molecule has 3 rings (SSSR count). The number of hydrogen-bond donors (Lipinski definition) is 2. The minimum atomic E-state index is -0.545. The Balaban J connectivity index is 1.69. The number of aromatic nitrogens is 4. The topological polar surface area (TPSA) is 119 Å². The van der Waals surface area contributed by atoms with Gasteiger partial charge in [-0.1, -0.05) is 10.3 Å². The number of anilines is 1. The monoisotopic (exact) mass is 264 g/mol. The summed E-state index contributed by atoms with van der Waals surface area (Å²) in [7, 11) is 0. The summed E-state index contributed by atoms with van der Waals surface area (Å²) in [6.07, 6.45) is 1.97. The summed E-state index contributed by atoms with van der Waals surface area (Å²) < 4.78 is 9.83. The summed E-state index contributed by atoms with van der Waals surface area (Å²) in [6, 6.07) is 0.0348. The number of carbonyl (C=O) groups excluding carboxylic acids is 1. The van der Waals surface area contributed by atoms with Gasteiger partial charge in [-0.3, -0.25) is 10.1 Å². The van der Waals surface area contributed by atoms with E-state index in [4.69, 9.17) is 9.05 Å². The molecule has 1 saturated heterocycles. The fourth-order valence-electron chi connectivity index (χ4n) is 1.87. The number of nitrogens with one attached hydrogen (secondary N) is 2. The molecule has 0 bridgehead atoms. The molecule has 1 atom stereocenters. The van der Waals surface area contributed by atoms with Gasteiger partial charge in [0.05, 0.1) is 6.04 Å². The minimum absolute atomic E-state index is 0.00726. The van der Waals surface area contributed by atoms with Crippen molar-refractivity contribution in [1.29, 1.82) is 0 Å². The van der Waals surface area contributed by atoms with E-state index >= 15 is 0 Å². The van der Waals surface area contributed by atoms with Gasteiger partial charge in [-0.15, -0.1) is 0 Å². The van der Waals surface area contributed by atoms with Crippen LogP contribution in [0.4, 0.5) is 6.01 Å². The van der Waals surface area contributed by atoms with Crippen LogP contribution in [0.5, 0.6) is 0 Å². The number of hydrogen-bond acceptors (Lipinski definition) is 8. The quantitative estimate of drug-likeness (QED) is 0.819. The predicted octanol–water partition coefficient (Wildman–Crippen LogP) is 0.438. The van der Waals surface area contributed by atoms with Gasteiger partial charge in [0.2, 0.25) is 5.89 Å². The van der Waals surface area contributed by atoms with Crippen molar-refractivity contribution in [2.75, 3.05) is 11.9 Å². The second kappa shape index (κ2) is 4.76. The molecule has 0 radical (unpaired) electrons. The molecule has 9 heteroatoms. The Labute approximate surface area is 107 Å². The lowest BCUT2D eigenvalue weighted by atomic mass is 10.2. The molecule has 0 spiro atoms. The molecular weight excluding hydrogens is 252 g/mol. The first-order valence-electron chi connectivity index (χ1n) is 5.91. The molecule has 100 valence electrons. The summed E-state index contributed by atoms with van der Waals surface area (Å²) >= 11 is 0. The SMILES string of the molecule is Cc1noc(NC(=O)c2noc(C3CCCN3)n2)n1. The molecule has 0 aromatic carbocycles. The third-order valence-electron chi connectivity index (χ3n) is 2.75. The van der Waals surface area contributed by atoms with E-state index in [1.54, 1.807) is 6.92 Å². The average molecular weight is 264 g/mol. The summed E-state index contributed by atoms with van der Waals surface area (Å²) in [4.78, 5) is 19.7. The highest BCUT2D eigenvalue weighted by Gasteiger charge is 2.24. The summed E-state index contributed by atoms with van der Waals surface area (Å²) in [5.74, 6) is 0.250. The zero-order chi connectivity index (χ0) is 13.2. The first-order valence-corrected chi connectivity index (χ1v) is 5.91. The third-order valence-corrected chi connectivity index (χ3v) is 2.75. The maximum absolute atomic E-state index is 11.8. The molecule has 2 aromatic rings. The molecule has 0 aliphatic carbocycles. The minimum Gasteiger partial charge on any atom is -0.337 e. The van der Waals surface area contributed by atoms with Gasteiger partial charge in [0.1, 0.15) is 0 Å². The highest BCUT2D eigenvalue weighted by atomic mass is 16.5. The Hall–Kier alpha value is -2.29. The van der Waals surface area contributed by atoms with Crippen LogP contribution in [0, 0.1) is 6.92 Å². The van der Waals surface area contributed by atoms with Crippen molar-refractivity contribution in [2.24, 2.45) is 0 Å². The van der Waals surface area contributed by atoms with Gasteiger partial charge < -0.3 is 14.4 Å². The van der Waals surface area contributed by atoms with E-state index in [0.29, 0.717) is 11.7 Å². The number of aryl methyl sites for hydroxylation is 1. The molecule has 19 heavy (non-hydrogen) atoms. The van der Waals surface area contributed by atoms with Crippen molar-refractivity contribution in [3.63, 3.8) is 0 Å². The highest BCUT2D eigenvalue weighted by Crippen LogP contribution is 2.21. The lowest BCUT2D eigenvalue weighted by Crippen LogP contribution is -2.16. The molecule has 1 unspecified atom stereocenters. The van der Waals surface area contributed by atoms with Crippen molar-refractivity contribution >= 4 is 11.9 Å². The molecule has 1 aliphatic heterocycles. The first kappa shape index (κ1) is 11.8. The van der Waals surface area contributed by atoms with Crippen molar-refractivity contribution < 1.29 is 13.8 Å². The average Bonchev–Trinajstić information content (AvgIpc) is 3.08. The number of amides is 1. The smallest absolute Gasteiger partial charge is 0.328 e. The standard InChI is InChI=1S/C10H12N6O3/c1-5-12-10(19-15-5)14-8(17)7-13-9(18-16-7)6-3-2-4-11-6/h6,11H,2-4H2,1H3,(H,12,14,15,17). The zero-order valence-corrected chi connectivity index (χ0v) is 10.2. The lowest BCUT2D eigenvalue weighted by Gasteiger charge is -2.01. The van der Waals surface area contributed by atoms with Gasteiger partial charge >= 0.3 is 11.9 Å². The van der Waals surface area contributed by atoms with Crippen molar-refractivity contribution in [3.8, 4) is 0 Å². The number of rotatable bonds is 3. The van der Waals surface area contributed by atoms with E-state index in [0.717, 1.165) is 19.4 Å². The Bertz CT molecular complexity index is 586. The van der Waals surface area contributed by atoms with Crippen LogP contribution >= 0.6 is 0 Å². The van der Waals surface area contributed by atoms with E-state index < -0.39 is 5.91 Å². The van der Waals surface area contributed by atoms with Crippen LogP contribution in [0.2, 0.25) is 0 Å². The fraction of sp³-hybridized carbons (Fsp3) is 0.500. The van der Waals surface area contributed by atoms with Crippen molar-refractivity contribution in [2.45, 2.75) is 25.8 Å². The van der Waals surface area contributed by atoms with Gasteiger partial charge in [0, 0.05) is 0 Å². The Kier molecular flexibility index (Phi) is 2.95. The van der Waals surface area contributed by atoms with Crippen molar-refractivity contribution in [1.82, 2.24) is 25.6 Å². The van der Waals surface area contributed by atoms with Gasteiger partial charge in [-0.25, -0.2) is 0 Å². The lowest BCUT2D eigenvalue weighted by molar-refractivity contribution is 0.101. The molecule has 1 aliphatic rings. The molecule has 1 fully saturated rings. The molecule has 9 nitrogen and oxygen atoms in total. The van der Waals surface area contributed by atoms with Crippen LogP contribution in [-0.4, -0.2) is 32.7 Å². The van der Waals surface area contributed by atoms with Gasteiger partial charge in [0.15, 0.2) is 5.82 Å². The van der Waals surface area contributed by atoms with Crippen LogP contribution in [0.25, 0.3) is 0 Å². The van der Waals surface area contributed by atoms with E-state index in [1.165, 1.54) is 0 Å². The van der Waals surface area contributed by atoms with Crippen LogP contribution in [0.1, 0.15) is 41.2 Å². The molecule has 3 heterocycles. The van der Waals surface area contributed by atoms with Crippen LogP contribution < -0.4 is 10.6 Å². The Morgan fingerprint density at radius 2 is 2.26 bits per heavy atom. The normalized spacial score (nSPS) is 18.7. The Morgan fingerprint density at radius 3 is 2.95 bits per heavy atom. The Morgan fingerprint density at radius 1 is 1.37 bits per heavy atom. The maximum Gasteiger partial charge on any atom is 0.328 e. The van der Waals surface area contributed by atoms with E-state index in [-0.39, 0.29) is 17.9 Å². The first-order chi connectivity index (χ1) is 9.22. The van der Waals surface area contributed by atoms with Crippen LogP contribution in [-0.2, 0) is 0 Å². The van der Waals surface area contributed by atoms with Gasteiger partial charge in [0.25, 0.3) is 5.82 Å². The third kappa shape index (κ3) is 2.45. The molecule has 2 aromatic heterocycles. The van der Waals surface area contributed by atoms with Gasteiger partial charge in [-0.2, -0.15) is 9.97 Å². The second-order valence-electron chi connectivity index (χ2n) is 4.21. The summed E-state index contributed by atoms with van der Waals surface area (Å²) in [5, 5.41) is 12.8. The zero-order valence-electron chi connectivity index (χ0n) is 10.2. The molecular formula is C10H12N6O3. The number of nitrogens with zero attached hydrogens (tertiary/aromatic N) is 4. The summed E-state index contributed by atoms with van der Waals surface area (Å²) in [6.45, 7) is 2.56. The molecule has 2 N–H and O–H groups in total. The fourth-order valence-corrected chi connectivity index (χ4v) is 1.87. The largest absolute Gasteiger partial charge is 0.337 e. The second-order valence-corrected chi connectivity index (χ2v) is 4.21. The van der Waals surface area contributed by atoms with Crippen molar-refractivity contribution in [3.05, 3.63) is 17.5 Å². The van der Waals surface area contributed by atoms with Crippen LogP contribution in [0.15, 0.2) is 9.05 Å². The van der Waals surface area contributed by atoms with E-state index in [1.807, 2.05) is 0 Å². The molecule has 1 amide bonds. The van der Waals surface area contributed by atoms with Gasteiger partial charge in [-0.05, 0) is 26.3 Å². The van der Waals surface area contributed by atoms with E-state index in [2.05, 4.69) is 30.9 Å². The van der Waals surface area contributed by atoms with E-state index in [9.17, 15) is 4.79 Å². The number of carbonyl (C=O) groups is 1. The highest BCUT2D eigenvalue weighted by molar-refractivity contribution is 6.00. The molecule has 0 saturated carbocycles. The predicted molar refractivity (Wildman–Crippen MR) is 61.3 cm³/mol. The maximum atomic E-state index is 11.8.